The number of aliphatic hydroxyl groups is 1. The van der Waals surface area contributed by atoms with E-state index in [1.807, 2.05) is 30.3 Å². The summed E-state index contributed by atoms with van der Waals surface area (Å²) in [4.78, 5) is 12.1. The Bertz CT molecular complexity index is 1210. The fourth-order valence-corrected chi connectivity index (χ4v) is 3.03. The lowest BCUT2D eigenvalue weighted by molar-refractivity contribution is 0.0880. The number of nitrogens with zero attached hydrogens (tertiary/aromatic N) is 2. The van der Waals surface area contributed by atoms with E-state index < -0.39 is 6.10 Å². The summed E-state index contributed by atoms with van der Waals surface area (Å²) < 4.78 is 25.7. The highest BCUT2D eigenvalue weighted by atomic mass is 19.1. The van der Waals surface area contributed by atoms with Gasteiger partial charge in [-0.05, 0) is 66.7 Å². The van der Waals surface area contributed by atoms with Gasteiger partial charge < -0.3 is 14.6 Å². The maximum absolute atomic E-state index is 13.1. The fourth-order valence-electron chi connectivity index (χ4n) is 3.03. The highest BCUT2D eigenvalue weighted by Gasteiger charge is 2.11. The number of para-hydroxylation sites is 1. The molecule has 3 aromatic carbocycles. The molecule has 0 spiro atoms. The molecule has 0 amide bonds. The van der Waals surface area contributed by atoms with E-state index in [9.17, 15) is 14.3 Å². The molecule has 0 saturated carbocycles. The van der Waals surface area contributed by atoms with Crippen molar-refractivity contribution in [1.29, 1.82) is 0 Å². The highest BCUT2D eigenvalue weighted by Crippen LogP contribution is 2.23. The van der Waals surface area contributed by atoms with Gasteiger partial charge in [0, 0.05) is 11.6 Å². The number of hydrogen-bond donors (Lipinski definition) is 1. The Labute approximate surface area is 184 Å². The first-order chi connectivity index (χ1) is 15.6. The Balaban J connectivity index is 1.34. The predicted molar refractivity (Wildman–Crippen MR) is 118 cm³/mol. The quantitative estimate of drug-likeness (QED) is 0.450. The van der Waals surface area contributed by atoms with Crippen LogP contribution in [0, 0.1) is 5.82 Å². The van der Waals surface area contributed by atoms with Crippen molar-refractivity contribution >= 4 is 0 Å². The fraction of sp³-hybridized carbons (Fsp3) is 0.120. The molecule has 0 aliphatic rings. The maximum atomic E-state index is 13.1. The average Bonchev–Trinajstić information content (AvgIpc) is 2.81. The first kappa shape index (κ1) is 21.3. The van der Waals surface area contributed by atoms with Gasteiger partial charge in [0.1, 0.15) is 35.8 Å². The van der Waals surface area contributed by atoms with Gasteiger partial charge in [0.25, 0.3) is 5.56 Å². The molecule has 0 fully saturated rings. The van der Waals surface area contributed by atoms with Crippen molar-refractivity contribution in [2.24, 2.45) is 0 Å². The smallest absolute Gasteiger partial charge is 0.266 e. The van der Waals surface area contributed by atoms with Crippen LogP contribution in [-0.2, 0) is 6.54 Å². The summed E-state index contributed by atoms with van der Waals surface area (Å²) in [6.07, 6.45) is -0.955. The lowest BCUT2D eigenvalue weighted by Gasteiger charge is -2.14. The van der Waals surface area contributed by atoms with Gasteiger partial charge in [0.2, 0.25) is 0 Å². The second-order valence-electron chi connectivity index (χ2n) is 7.10. The lowest BCUT2D eigenvalue weighted by atomic mass is 10.1. The van der Waals surface area contributed by atoms with E-state index in [1.54, 1.807) is 42.5 Å². The number of aliphatic hydroxyl groups excluding tert-OH is 1. The van der Waals surface area contributed by atoms with Crippen molar-refractivity contribution < 1.29 is 19.0 Å². The number of benzene rings is 3. The Morgan fingerprint density at radius 1 is 0.844 bits per heavy atom. The Kier molecular flexibility index (Phi) is 6.57. The van der Waals surface area contributed by atoms with Gasteiger partial charge in [-0.2, -0.15) is 5.10 Å². The maximum Gasteiger partial charge on any atom is 0.266 e. The molecule has 0 radical (unpaired) electrons. The van der Waals surface area contributed by atoms with Crippen LogP contribution in [-0.4, -0.2) is 27.6 Å². The Morgan fingerprint density at radius 2 is 1.50 bits per heavy atom. The van der Waals surface area contributed by atoms with Crippen LogP contribution in [0.15, 0.2) is 95.8 Å². The highest BCUT2D eigenvalue weighted by molar-refractivity contribution is 5.57. The van der Waals surface area contributed by atoms with E-state index in [0.717, 1.165) is 5.75 Å². The zero-order valence-electron chi connectivity index (χ0n) is 17.1. The van der Waals surface area contributed by atoms with Gasteiger partial charge >= 0.3 is 0 Å². The molecule has 0 bridgehead atoms. The molecule has 162 valence electrons. The molecule has 0 aliphatic carbocycles. The molecular formula is C25H21FN2O4. The van der Waals surface area contributed by atoms with Crippen LogP contribution in [0.2, 0.25) is 0 Å². The zero-order valence-corrected chi connectivity index (χ0v) is 17.1. The summed E-state index contributed by atoms with van der Waals surface area (Å²) in [5, 5.41) is 14.6. The van der Waals surface area contributed by atoms with E-state index in [-0.39, 0.29) is 24.5 Å². The van der Waals surface area contributed by atoms with Gasteiger partial charge in [-0.1, -0.05) is 18.2 Å². The SMILES string of the molecule is O=c1ccc(-c2ccc(F)cc2)nn1C[C@H](O)COc1ccc(Oc2ccccc2)cc1. The van der Waals surface area contributed by atoms with Crippen LogP contribution in [0.25, 0.3) is 11.3 Å². The average molecular weight is 432 g/mol. The van der Waals surface area contributed by atoms with E-state index >= 15 is 0 Å². The van der Waals surface area contributed by atoms with Crippen LogP contribution in [0.1, 0.15) is 0 Å². The first-order valence-electron chi connectivity index (χ1n) is 10.0. The molecule has 1 aromatic heterocycles. The number of rotatable bonds is 8. The standard InChI is InChI=1S/C25H21FN2O4/c26-19-8-6-18(7-9-19)24-14-15-25(30)28(27-24)16-20(29)17-31-21-10-12-23(13-11-21)32-22-4-2-1-3-5-22/h1-15,20,29H,16-17H2/t20-/m0/s1. The van der Waals surface area contributed by atoms with Crippen molar-refractivity contribution in [3.8, 4) is 28.5 Å². The monoisotopic (exact) mass is 432 g/mol. The molecule has 0 saturated heterocycles. The van der Waals surface area contributed by atoms with Gasteiger partial charge in [-0.3, -0.25) is 4.79 Å². The minimum absolute atomic E-state index is 0.0201. The van der Waals surface area contributed by atoms with Crippen LogP contribution in [0.3, 0.4) is 0 Å². The number of halogens is 1. The van der Waals surface area contributed by atoms with E-state index in [0.29, 0.717) is 22.8 Å². The van der Waals surface area contributed by atoms with Crippen molar-refractivity contribution in [1.82, 2.24) is 9.78 Å². The molecule has 7 heteroatoms. The van der Waals surface area contributed by atoms with Crippen LogP contribution in [0.5, 0.6) is 17.2 Å². The van der Waals surface area contributed by atoms with Gasteiger partial charge in [-0.25, -0.2) is 9.07 Å². The van der Waals surface area contributed by atoms with Crippen LogP contribution < -0.4 is 15.0 Å². The number of aromatic nitrogens is 2. The zero-order chi connectivity index (χ0) is 22.3. The third kappa shape index (κ3) is 5.59. The largest absolute Gasteiger partial charge is 0.491 e. The number of hydrogen-bond acceptors (Lipinski definition) is 5. The molecule has 1 atom stereocenters. The topological polar surface area (TPSA) is 73.6 Å². The van der Waals surface area contributed by atoms with Gasteiger partial charge in [-0.15, -0.1) is 0 Å². The van der Waals surface area contributed by atoms with Gasteiger partial charge in [0.05, 0.1) is 12.2 Å². The van der Waals surface area contributed by atoms with Crippen molar-refractivity contribution in [2.45, 2.75) is 12.6 Å². The molecule has 1 N–H and O–H groups in total. The molecule has 6 nitrogen and oxygen atoms in total. The molecule has 0 aliphatic heterocycles. The molecule has 4 aromatic rings. The Morgan fingerprint density at radius 3 is 2.22 bits per heavy atom. The molecule has 0 unspecified atom stereocenters. The first-order valence-corrected chi connectivity index (χ1v) is 10.0. The normalized spacial score (nSPS) is 11.7. The van der Waals surface area contributed by atoms with Crippen LogP contribution in [0.4, 0.5) is 4.39 Å². The van der Waals surface area contributed by atoms with Crippen molar-refractivity contribution in [3.05, 3.63) is 107 Å². The second-order valence-corrected chi connectivity index (χ2v) is 7.10. The third-order valence-corrected chi connectivity index (χ3v) is 4.64. The summed E-state index contributed by atoms with van der Waals surface area (Å²) in [5.74, 6) is 1.61. The summed E-state index contributed by atoms with van der Waals surface area (Å²) >= 11 is 0. The summed E-state index contributed by atoms with van der Waals surface area (Å²) in [6, 6.07) is 25.2. The van der Waals surface area contributed by atoms with Crippen molar-refractivity contribution in [3.63, 3.8) is 0 Å². The van der Waals surface area contributed by atoms with E-state index in [4.69, 9.17) is 9.47 Å². The minimum atomic E-state index is -0.955. The minimum Gasteiger partial charge on any atom is -0.491 e. The molecule has 1 heterocycles. The van der Waals surface area contributed by atoms with E-state index in [2.05, 4.69) is 5.10 Å². The summed E-state index contributed by atoms with van der Waals surface area (Å²) in [5.41, 5.74) is 0.827. The van der Waals surface area contributed by atoms with Crippen molar-refractivity contribution in [2.75, 3.05) is 6.61 Å². The lowest BCUT2D eigenvalue weighted by Crippen LogP contribution is -2.31. The number of ether oxygens (including phenoxy) is 2. The predicted octanol–water partition coefficient (Wildman–Crippen LogP) is 4.28. The molecule has 32 heavy (non-hydrogen) atoms. The summed E-state index contributed by atoms with van der Waals surface area (Å²) in [6.45, 7) is -0.0587. The van der Waals surface area contributed by atoms with Crippen LogP contribution >= 0.6 is 0 Å². The third-order valence-electron chi connectivity index (χ3n) is 4.64. The molecular weight excluding hydrogens is 411 g/mol. The van der Waals surface area contributed by atoms with E-state index in [1.165, 1.54) is 22.9 Å². The second kappa shape index (κ2) is 9.89. The molecule has 4 rings (SSSR count). The summed E-state index contributed by atoms with van der Waals surface area (Å²) in [7, 11) is 0. The van der Waals surface area contributed by atoms with Gasteiger partial charge in [0.15, 0.2) is 0 Å². The Hall–Kier alpha value is -3.97.